The van der Waals surface area contributed by atoms with Crippen LogP contribution in [0.3, 0.4) is 0 Å². The van der Waals surface area contributed by atoms with E-state index in [1.54, 1.807) is 0 Å². The van der Waals surface area contributed by atoms with E-state index in [0.717, 1.165) is 42.1 Å². The number of nitrogens with zero attached hydrogens (tertiary/aromatic N) is 2. The molecule has 1 saturated heterocycles. The highest BCUT2D eigenvalue weighted by Crippen LogP contribution is 2.26. The molecule has 2 aliphatic heterocycles. The first-order chi connectivity index (χ1) is 14.7. The van der Waals surface area contributed by atoms with Crippen LogP contribution in [0.5, 0.6) is 0 Å². The zero-order valence-electron chi connectivity index (χ0n) is 17.1. The Kier molecular flexibility index (Phi) is 4.99. The molecule has 30 heavy (non-hydrogen) atoms. The number of hydrogen-bond donors (Lipinski definition) is 0. The summed E-state index contributed by atoms with van der Waals surface area (Å²) in [7, 11) is 0. The van der Waals surface area contributed by atoms with Crippen molar-refractivity contribution in [2.24, 2.45) is 5.92 Å². The number of hydrogen-bond acceptors (Lipinski definition) is 2. The molecule has 1 atom stereocenters. The first-order valence-electron chi connectivity index (χ1n) is 10.8. The third-order valence-electron chi connectivity index (χ3n) is 6.52. The van der Waals surface area contributed by atoms with E-state index in [1.165, 1.54) is 11.1 Å². The fourth-order valence-corrected chi connectivity index (χ4v) is 4.89. The van der Waals surface area contributed by atoms with Crippen LogP contribution in [-0.2, 0) is 17.8 Å². The number of carbonyl (C=O) groups is 2. The lowest BCUT2D eigenvalue weighted by Crippen LogP contribution is -2.47. The zero-order chi connectivity index (χ0) is 20.5. The summed E-state index contributed by atoms with van der Waals surface area (Å²) in [5, 5.41) is 2.05. The smallest absolute Gasteiger partial charge is 0.254 e. The monoisotopic (exact) mass is 398 g/mol. The van der Waals surface area contributed by atoms with E-state index in [0.29, 0.717) is 19.6 Å². The Bertz CT molecular complexity index is 1100. The second kappa shape index (κ2) is 7.94. The minimum absolute atomic E-state index is 0.0355. The Morgan fingerprint density at radius 2 is 1.57 bits per heavy atom. The lowest BCUT2D eigenvalue weighted by molar-refractivity contribution is -0.137. The number of piperidine rings is 1. The number of likely N-dealkylation sites (tertiary alicyclic amines) is 1. The summed E-state index contributed by atoms with van der Waals surface area (Å²) in [5.74, 6) is 0.121. The molecule has 0 N–H and O–H groups in total. The molecule has 0 bridgehead atoms. The molecular formula is C26H26N2O2. The molecule has 2 amide bonds. The van der Waals surface area contributed by atoms with Crippen LogP contribution in [-0.4, -0.2) is 41.2 Å². The van der Waals surface area contributed by atoms with Gasteiger partial charge < -0.3 is 9.80 Å². The molecule has 0 aliphatic carbocycles. The molecule has 0 saturated carbocycles. The van der Waals surface area contributed by atoms with E-state index in [9.17, 15) is 9.59 Å². The summed E-state index contributed by atoms with van der Waals surface area (Å²) in [6.45, 7) is 2.68. The molecule has 2 aliphatic rings. The molecule has 1 unspecified atom stereocenters. The van der Waals surface area contributed by atoms with Gasteiger partial charge in [0.25, 0.3) is 5.91 Å². The third kappa shape index (κ3) is 3.47. The SMILES string of the molecule is O=C(c1cccc2ccccc12)N1CCCC(C(=O)N2CCc3ccccc3C2)C1. The molecule has 0 aromatic heterocycles. The predicted molar refractivity (Wildman–Crippen MR) is 118 cm³/mol. The van der Waals surface area contributed by atoms with Gasteiger partial charge in [-0.15, -0.1) is 0 Å². The van der Waals surface area contributed by atoms with Gasteiger partial charge in [0.15, 0.2) is 0 Å². The van der Waals surface area contributed by atoms with Crippen molar-refractivity contribution in [1.29, 1.82) is 0 Å². The van der Waals surface area contributed by atoms with Gasteiger partial charge in [-0.05, 0) is 47.2 Å². The van der Waals surface area contributed by atoms with Gasteiger partial charge in [-0.2, -0.15) is 0 Å². The van der Waals surface area contributed by atoms with Crippen molar-refractivity contribution in [2.45, 2.75) is 25.8 Å². The molecule has 0 spiro atoms. The molecule has 3 aromatic rings. The molecule has 152 valence electrons. The van der Waals surface area contributed by atoms with E-state index in [1.807, 2.05) is 58.3 Å². The summed E-state index contributed by atoms with van der Waals surface area (Å²) < 4.78 is 0. The van der Waals surface area contributed by atoms with Crippen molar-refractivity contribution in [3.05, 3.63) is 83.4 Å². The van der Waals surface area contributed by atoms with E-state index >= 15 is 0 Å². The first-order valence-corrected chi connectivity index (χ1v) is 10.8. The van der Waals surface area contributed by atoms with Crippen molar-refractivity contribution >= 4 is 22.6 Å². The maximum Gasteiger partial charge on any atom is 0.254 e. The van der Waals surface area contributed by atoms with Crippen molar-refractivity contribution in [2.75, 3.05) is 19.6 Å². The Balaban J connectivity index is 1.32. The summed E-state index contributed by atoms with van der Waals surface area (Å²) in [6.07, 6.45) is 2.64. The fraction of sp³-hybridized carbons (Fsp3) is 0.308. The maximum atomic E-state index is 13.3. The van der Waals surface area contributed by atoms with Gasteiger partial charge >= 0.3 is 0 Å². The zero-order valence-corrected chi connectivity index (χ0v) is 17.1. The molecule has 2 heterocycles. The lowest BCUT2D eigenvalue weighted by Gasteiger charge is -2.37. The van der Waals surface area contributed by atoms with Crippen LogP contribution < -0.4 is 0 Å². The van der Waals surface area contributed by atoms with Crippen molar-refractivity contribution in [3.8, 4) is 0 Å². The molecule has 4 heteroatoms. The van der Waals surface area contributed by atoms with E-state index < -0.39 is 0 Å². The quantitative estimate of drug-likeness (QED) is 0.647. The van der Waals surface area contributed by atoms with Crippen LogP contribution in [0.4, 0.5) is 0 Å². The van der Waals surface area contributed by atoms with Gasteiger partial charge in [-0.1, -0.05) is 60.7 Å². The van der Waals surface area contributed by atoms with E-state index in [4.69, 9.17) is 0 Å². The van der Waals surface area contributed by atoms with Gasteiger partial charge in [0.1, 0.15) is 0 Å². The van der Waals surface area contributed by atoms with Crippen molar-refractivity contribution < 1.29 is 9.59 Å². The minimum Gasteiger partial charge on any atom is -0.338 e. The Labute approximate surface area is 177 Å². The van der Waals surface area contributed by atoms with Crippen LogP contribution in [0.2, 0.25) is 0 Å². The summed E-state index contributed by atoms with van der Waals surface area (Å²) in [6, 6.07) is 22.2. The molecule has 1 fully saturated rings. The van der Waals surface area contributed by atoms with Gasteiger partial charge in [-0.3, -0.25) is 9.59 Å². The van der Waals surface area contributed by atoms with Crippen molar-refractivity contribution in [1.82, 2.24) is 9.80 Å². The summed E-state index contributed by atoms with van der Waals surface area (Å²) in [4.78, 5) is 30.5. The largest absolute Gasteiger partial charge is 0.338 e. The highest BCUT2D eigenvalue weighted by molar-refractivity contribution is 6.07. The average Bonchev–Trinajstić information content (AvgIpc) is 2.82. The van der Waals surface area contributed by atoms with Crippen LogP contribution in [0.1, 0.15) is 34.3 Å². The predicted octanol–water partition coefficient (Wildman–Crippen LogP) is 4.28. The van der Waals surface area contributed by atoms with E-state index in [2.05, 4.69) is 18.2 Å². The third-order valence-corrected chi connectivity index (χ3v) is 6.52. The lowest BCUT2D eigenvalue weighted by atomic mass is 9.93. The van der Waals surface area contributed by atoms with Crippen molar-refractivity contribution in [3.63, 3.8) is 0 Å². The number of fused-ring (bicyclic) bond motifs is 2. The Morgan fingerprint density at radius 1 is 0.800 bits per heavy atom. The average molecular weight is 399 g/mol. The molecule has 5 rings (SSSR count). The Hall–Kier alpha value is -3.14. The van der Waals surface area contributed by atoms with Gasteiger partial charge in [0.2, 0.25) is 5.91 Å². The second-order valence-electron chi connectivity index (χ2n) is 8.40. The van der Waals surface area contributed by atoms with Gasteiger partial charge in [0.05, 0.1) is 5.92 Å². The molecule has 3 aromatic carbocycles. The van der Waals surface area contributed by atoms with Crippen LogP contribution in [0.25, 0.3) is 10.8 Å². The summed E-state index contributed by atoms with van der Waals surface area (Å²) in [5.41, 5.74) is 3.32. The minimum atomic E-state index is -0.108. The first kappa shape index (κ1) is 18.9. The highest BCUT2D eigenvalue weighted by Gasteiger charge is 2.33. The van der Waals surface area contributed by atoms with Crippen LogP contribution >= 0.6 is 0 Å². The van der Waals surface area contributed by atoms with Gasteiger partial charge in [0, 0.05) is 31.7 Å². The normalized spacial score (nSPS) is 18.9. The standard InChI is InChI=1S/C26H26N2O2/c29-25(28-16-14-19-7-1-2-9-21(19)17-28)22-11-6-15-27(18-22)26(30)24-13-5-10-20-8-3-4-12-23(20)24/h1-5,7-10,12-13,22H,6,11,14-18H2. The number of carbonyl (C=O) groups excluding carboxylic acids is 2. The number of rotatable bonds is 2. The maximum absolute atomic E-state index is 13.3. The number of amides is 2. The molecular weight excluding hydrogens is 372 g/mol. The Morgan fingerprint density at radius 3 is 2.47 bits per heavy atom. The second-order valence-corrected chi connectivity index (χ2v) is 8.40. The molecule has 4 nitrogen and oxygen atoms in total. The van der Waals surface area contributed by atoms with E-state index in [-0.39, 0.29) is 17.7 Å². The summed E-state index contributed by atoms with van der Waals surface area (Å²) >= 11 is 0. The highest BCUT2D eigenvalue weighted by atomic mass is 16.2. The molecule has 0 radical (unpaired) electrons. The van der Waals surface area contributed by atoms with Gasteiger partial charge in [-0.25, -0.2) is 0 Å². The van der Waals surface area contributed by atoms with Crippen LogP contribution in [0.15, 0.2) is 66.7 Å². The number of benzene rings is 3. The van der Waals surface area contributed by atoms with Crippen LogP contribution in [0, 0.1) is 5.92 Å². The topological polar surface area (TPSA) is 40.6 Å². The fourth-order valence-electron chi connectivity index (χ4n) is 4.89.